The highest BCUT2D eigenvalue weighted by atomic mass is 79.9. The summed E-state index contributed by atoms with van der Waals surface area (Å²) in [6.45, 7) is 5.85. The van der Waals surface area contributed by atoms with Gasteiger partial charge < -0.3 is 0 Å². The molecular weight excluding hydrogens is 1420 g/mol. The molecule has 12 aromatic rings. The Labute approximate surface area is 558 Å². The van der Waals surface area contributed by atoms with Gasteiger partial charge in [0.25, 0.3) is 0 Å². The van der Waals surface area contributed by atoms with Crippen molar-refractivity contribution in [3.63, 3.8) is 0 Å². The van der Waals surface area contributed by atoms with E-state index in [0.29, 0.717) is 28.5 Å². The van der Waals surface area contributed by atoms with Crippen molar-refractivity contribution in [3.8, 4) is 65.4 Å². The average molecular weight is 1470 g/mol. The van der Waals surface area contributed by atoms with Crippen LogP contribution in [0.3, 0.4) is 0 Å². The van der Waals surface area contributed by atoms with Crippen molar-refractivity contribution in [2.45, 2.75) is 70.7 Å². The molecule has 93 heavy (non-hydrogen) atoms. The second-order valence-corrected chi connectivity index (χ2v) is 29.8. The number of thiophene rings is 4. The number of halogens is 14. The summed E-state index contributed by atoms with van der Waals surface area (Å²) >= 11 is 10.4. The van der Waals surface area contributed by atoms with Crippen LogP contribution in [-0.4, -0.2) is 55.5 Å². The van der Waals surface area contributed by atoms with E-state index in [0.717, 1.165) is 112 Å². The smallest absolute Gasteiger partial charge is 0.264 e. The number of hydrogen-bond donors (Lipinski definition) is 0. The van der Waals surface area contributed by atoms with E-state index >= 15 is 26.3 Å². The van der Waals surface area contributed by atoms with Crippen LogP contribution in [0.4, 0.5) is 52.7 Å². The maximum absolute atomic E-state index is 16.5. The first kappa shape index (κ1) is 65.5. The van der Waals surface area contributed by atoms with Gasteiger partial charge in [0.1, 0.15) is 0 Å². The molecule has 0 fully saturated rings. The van der Waals surface area contributed by atoms with E-state index in [4.69, 9.17) is 0 Å². The minimum Gasteiger partial charge on any atom is -0.264 e. The first-order chi connectivity index (χ1) is 43.6. The van der Waals surface area contributed by atoms with Crippen molar-refractivity contribution >= 4 is 121 Å². The zero-order valence-electron chi connectivity index (χ0n) is 48.0. The molecule has 4 aromatic carbocycles. The van der Waals surface area contributed by atoms with Gasteiger partial charge in [-0.2, -0.15) is 52.7 Å². The average Bonchev–Trinajstić information content (AvgIpc) is 1.54. The Morgan fingerprint density at radius 2 is 0.634 bits per heavy atom. The molecule has 0 aliphatic heterocycles. The summed E-state index contributed by atoms with van der Waals surface area (Å²) in [6, 6.07) is 43.1. The summed E-state index contributed by atoms with van der Waals surface area (Å²) < 4.78 is 185. The maximum Gasteiger partial charge on any atom is 0.380 e. The molecule has 0 amide bonds. The number of hydrogen-bond acceptors (Lipinski definition) is 8. The van der Waals surface area contributed by atoms with Crippen molar-refractivity contribution in [2.75, 3.05) is 0 Å². The summed E-state index contributed by atoms with van der Waals surface area (Å²) in [5.41, 5.74) is 2.15. The lowest BCUT2D eigenvalue weighted by Gasteiger charge is -2.25. The fraction of sp³-hybridized carbons (Fsp3) is 0.155. The van der Waals surface area contributed by atoms with E-state index in [9.17, 15) is 26.3 Å². The van der Waals surface area contributed by atoms with Crippen LogP contribution in [0.2, 0.25) is 0 Å². The van der Waals surface area contributed by atoms with Crippen LogP contribution in [0.5, 0.6) is 0 Å². The van der Waals surface area contributed by atoms with E-state index in [-0.39, 0.29) is 49.2 Å². The van der Waals surface area contributed by atoms with Crippen LogP contribution in [0.1, 0.15) is 49.2 Å². The third-order valence-corrected chi connectivity index (χ3v) is 21.6. The number of alkyl halides is 12. The number of nitrogens with zero attached hydrogens (tertiary/aromatic N) is 4. The third-order valence-electron chi connectivity index (χ3n) is 16.3. The number of fused-ring (bicyclic) bond motifs is 2. The first-order valence-corrected chi connectivity index (χ1v) is 32.8. The van der Waals surface area contributed by atoms with Gasteiger partial charge in [-0.3, -0.25) is 19.9 Å². The molecule has 4 nitrogen and oxygen atoms in total. The third kappa shape index (κ3) is 11.0. The molecular formula is C71H46Br2F12N4S4. The van der Waals surface area contributed by atoms with Crippen LogP contribution in [0.15, 0.2) is 190 Å². The Hall–Kier alpha value is -7.60. The number of pyridine rings is 4. The predicted molar refractivity (Wildman–Crippen MR) is 360 cm³/mol. The van der Waals surface area contributed by atoms with E-state index in [2.05, 4.69) is 51.8 Å². The highest BCUT2D eigenvalue weighted by Crippen LogP contribution is 2.68. The van der Waals surface area contributed by atoms with Crippen LogP contribution in [-0.2, 0) is 0 Å². The Balaban J connectivity index is 0.000000269. The van der Waals surface area contributed by atoms with Gasteiger partial charge in [0.05, 0.1) is 18.6 Å². The fourth-order valence-electron chi connectivity index (χ4n) is 11.7. The molecule has 0 bridgehead atoms. The van der Waals surface area contributed by atoms with Crippen LogP contribution < -0.4 is 0 Å². The molecule has 0 spiro atoms. The van der Waals surface area contributed by atoms with E-state index in [1.807, 2.05) is 109 Å². The largest absolute Gasteiger partial charge is 0.380 e. The number of rotatable bonds is 10. The van der Waals surface area contributed by atoms with Crippen molar-refractivity contribution < 1.29 is 52.7 Å². The number of aryl methyl sites for hydroxylation is 4. The minimum atomic E-state index is -5.74. The lowest BCUT2D eigenvalue weighted by Crippen LogP contribution is -2.48. The molecule has 2 aliphatic rings. The van der Waals surface area contributed by atoms with E-state index in [1.54, 1.807) is 49.3 Å². The molecule has 8 aromatic heterocycles. The second kappa shape index (κ2) is 24.0. The van der Waals surface area contributed by atoms with E-state index < -0.39 is 57.8 Å². The van der Waals surface area contributed by atoms with Crippen molar-refractivity contribution in [1.82, 2.24) is 19.9 Å². The minimum absolute atomic E-state index is 0. The zero-order valence-corrected chi connectivity index (χ0v) is 54.5. The molecule has 8 heterocycles. The van der Waals surface area contributed by atoms with Gasteiger partial charge in [0, 0.05) is 122 Å². The quantitative estimate of drug-likeness (QED) is 0.128. The SMILES string of the molecule is C.Cc1sc(-c2cc(-c3cccnc3)cc(-c3cnc4ccccc4c3)c2)cc1C1=C(c2cc(-c3cc(-c4cccnc4)cc(-c4cnc5ccccc5c4)c3)sc2C)C(F)(F)C(F)(F)C1(F)F.Cc1sc(Br)cc1C1=C(c2cc(Br)sc2C)C(F)(F)C(F)(F)C1(F)F. The lowest BCUT2D eigenvalue weighted by atomic mass is 9.93. The topological polar surface area (TPSA) is 51.6 Å². The summed E-state index contributed by atoms with van der Waals surface area (Å²) in [4.78, 5) is 19.6. The summed E-state index contributed by atoms with van der Waals surface area (Å²) in [5, 5.41) is 1.81. The van der Waals surface area contributed by atoms with Gasteiger partial charge in [-0.1, -0.05) is 56.0 Å². The maximum atomic E-state index is 16.5. The van der Waals surface area contributed by atoms with E-state index in [1.165, 1.54) is 52.0 Å². The summed E-state index contributed by atoms with van der Waals surface area (Å²) in [7, 11) is 0. The van der Waals surface area contributed by atoms with Crippen LogP contribution in [0.25, 0.3) is 109 Å². The van der Waals surface area contributed by atoms with Gasteiger partial charge in [0.15, 0.2) is 0 Å². The first-order valence-electron chi connectivity index (χ1n) is 27.9. The number of allylic oxidation sites excluding steroid dienone is 4. The highest BCUT2D eigenvalue weighted by Gasteiger charge is 2.81. The molecule has 2 aliphatic carbocycles. The molecule has 0 atom stereocenters. The monoisotopic (exact) mass is 1470 g/mol. The molecule has 472 valence electrons. The summed E-state index contributed by atoms with van der Waals surface area (Å²) in [6.07, 6.45) is 10.2. The molecule has 14 rings (SSSR count). The Bertz CT molecular complexity index is 4690. The van der Waals surface area contributed by atoms with Gasteiger partial charge in [-0.15, -0.1) is 45.3 Å². The molecule has 0 saturated carbocycles. The van der Waals surface area contributed by atoms with Gasteiger partial charge in [-0.25, -0.2) is 0 Å². The highest BCUT2D eigenvalue weighted by molar-refractivity contribution is 9.11. The van der Waals surface area contributed by atoms with Crippen LogP contribution in [0, 0.1) is 27.7 Å². The van der Waals surface area contributed by atoms with Crippen LogP contribution >= 0.6 is 77.2 Å². The van der Waals surface area contributed by atoms with Gasteiger partial charge >= 0.3 is 35.5 Å². The molecule has 0 saturated heterocycles. The number of aromatic nitrogens is 4. The molecule has 0 unspecified atom stereocenters. The van der Waals surface area contributed by atoms with Crippen molar-refractivity contribution in [1.29, 1.82) is 0 Å². The van der Waals surface area contributed by atoms with Gasteiger partial charge in [0.2, 0.25) is 0 Å². The second-order valence-electron chi connectivity index (χ2n) is 22.1. The van der Waals surface area contributed by atoms with Crippen molar-refractivity contribution in [3.05, 3.63) is 232 Å². The Morgan fingerprint density at radius 1 is 0.323 bits per heavy atom. The molecule has 0 radical (unpaired) electrons. The normalized spacial score (nSPS) is 16.6. The summed E-state index contributed by atoms with van der Waals surface area (Å²) in [5.74, 6) is -31.7. The molecule has 0 N–H and O–H groups in total. The zero-order chi connectivity index (χ0) is 65.2. The van der Waals surface area contributed by atoms with Gasteiger partial charge in [-0.05, 0) is 212 Å². The predicted octanol–water partition coefficient (Wildman–Crippen LogP) is 24.6. The Kier molecular flexibility index (Phi) is 16.9. The number of para-hydroxylation sites is 2. The lowest BCUT2D eigenvalue weighted by molar-refractivity contribution is -0.254. The fourth-order valence-corrected chi connectivity index (χ4v) is 17.2. The number of benzene rings is 4. The Morgan fingerprint density at radius 3 is 0.957 bits per heavy atom. The standard InChI is InChI=1S/C55H34F6N4S2.C15H8Br2F6S2.CH4/c1-31-45(25-49(66-31)41-21-37(35-11-7-15-62-27-35)19-39(23-41)43-17-33-9-3-5-13-47(33)64-29-43)51-52(54(58,59)55(60,61)53(51,56)57)46-26-50(67-32(46)2)42-22-38(36-12-8-16-63-28-36)20-40(24-42)44-18-34-10-4-6-14-48(34)65-30-44;1-5-7(3-9(16)24-5)11-12(8-4-10(17)25-6(8)2)14(20,21)15(22,23)13(11,18)19;/h3-30H,1-2H3;3-4H,1-2H3;1H4. The molecule has 22 heteroatoms. The van der Waals surface area contributed by atoms with Crippen molar-refractivity contribution in [2.24, 2.45) is 0 Å².